The summed E-state index contributed by atoms with van der Waals surface area (Å²) in [5.41, 5.74) is 4.75. The molecule has 1 heterocycles. The zero-order chi connectivity index (χ0) is 18.4. The average Bonchev–Trinajstić information content (AvgIpc) is 2.59. The standard InChI is InChI=1S/C20H26N4O/c1-6-14(2)19(25)23-18-9-7-17(8-10-18)11-12-21-20-22-15(3)13-16(4)24(20)5/h7-10,13H,2,6,11-12H2,1,3-5H3,(H,23,25)/p+1. The van der Waals surface area contributed by atoms with Crippen LogP contribution in [-0.4, -0.2) is 17.4 Å². The second-order valence-electron chi connectivity index (χ2n) is 6.21. The molecular weight excluding hydrogens is 312 g/mol. The summed E-state index contributed by atoms with van der Waals surface area (Å²) >= 11 is 0. The zero-order valence-corrected chi connectivity index (χ0v) is 15.5. The van der Waals surface area contributed by atoms with Crippen molar-refractivity contribution in [3.63, 3.8) is 0 Å². The second kappa shape index (κ2) is 8.42. The third-order valence-electron chi connectivity index (χ3n) is 4.20. The van der Waals surface area contributed by atoms with Crippen molar-refractivity contribution in [3.05, 3.63) is 59.4 Å². The molecule has 5 nitrogen and oxygen atoms in total. The number of aryl methyl sites for hydroxylation is 2. The van der Waals surface area contributed by atoms with Crippen LogP contribution in [0.25, 0.3) is 0 Å². The summed E-state index contributed by atoms with van der Waals surface area (Å²) < 4.78 is 2.05. The predicted octanol–water partition coefficient (Wildman–Crippen LogP) is 3.08. The van der Waals surface area contributed by atoms with Gasteiger partial charge in [0.1, 0.15) is 5.69 Å². The van der Waals surface area contributed by atoms with E-state index in [0.717, 1.165) is 30.3 Å². The van der Waals surface area contributed by atoms with Crippen LogP contribution in [0.15, 0.2) is 42.5 Å². The Balaban J connectivity index is 1.90. The highest BCUT2D eigenvalue weighted by Gasteiger charge is 2.11. The summed E-state index contributed by atoms with van der Waals surface area (Å²) in [4.78, 5) is 16.3. The van der Waals surface area contributed by atoms with Gasteiger partial charge in [0.25, 0.3) is 5.91 Å². The maximum Gasteiger partial charge on any atom is 0.391 e. The van der Waals surface area contributed by atoms with Crippen molar-refractivity contribution in [2.45, 2.75) is 33.6 Å². The number of anilines is 2. The number of benzene rings is 1. The molecule has 0 fully saturated rings. The maximum atomic E-state index is 11.8. The van der Waals surface area contributed by atoms with Crippen molar-refractivity contribution in [2.24, 2.45) is 7.05 Å². The largest absolute Gasteiger partial charge is 0.391 e. The van der Waals surface area contributed by atoms with E-state index in [2.05, 4.69) is 35.2 Å². The number of nitrogens with zero attached hydrogens (tertiary/aromatic N) is 2. The quantitative estimate of drug-likeness (QED) is 0.602. The summed E-state index contributed by atoms with van der Waals surface area (Å²) in [6.45, 7) is 10.5. The molecule has 0 radical (unpaired) electrons. The zero-order valence-electron chi connectivity index (χ0n) is 15.5. The van der Waals surface area contributed by atoms with E-state index in [4.69, 9.17) is 0 Å². The minimum Gasteiger partial charge on any atom is -0.322 e. The van der Waals surface area contributed by atoms with Gasteiger partial charge >= 0.3 is 5.95 Å². The second-order valence-corrected chi connectivity index (χ2v) is 6.21. The highest BCUT2D eigenvalue weighted by molar-refractivity contribution is 6.03. The van der Waals surface area contributed by atoms with E-state index in [1.807, 2.05) is 49.7 Å². The lowest BCUT2D eigenvalue weighted by Crippen LogP contribution is -2.37. The lowest BCUT2D eigenvalue weighted by Gasteiger charge is -2.08. The Hall–Kier alpha value is -2.69. The summed E-state index contributed by atoms with van der Waals surface area (Å²) in [6, 6.07) is 9.96. The smallest absolute Gasteiger partial charge is 0.322 e. The van der Waals surface area contributed by atoms with Crippen LogP contribution in [0, 0.1) is 13.8 Å². The van der Waals surface area contributed by atoms with Crippen LogP contribution in [0.5, 0.6) is 0 Å². The van der Waals surface area contributed by atoms with Crippen molar-refractivity contribution in [1.29, 1.82) is 0 Å². The summed E-state index contributed by atoms with van der Waals surface area (Å²) in [7, 11) is 2.01. The first-order valence-electron chi connectivity index (χ1n) is 8.57. The number of carbonyl (C=O) groups excluding carboxylic acids is 1. The Morgan fingerprint density at radius 1 is 1.24 bits per heavy atom. The number of aromatic nitrogens is 2. The van der Waals surface area contributed by atoms with Gasteiger partial charge in [0.15, 0.2) is 0 Å². The molecule has 2 N–H and O–H groups in total. The molecule has 0 saturated carbocycles. The van der Waals surface area contributed by atoms with Gasteiger partial charge in [-0.15, -0.1) is 0 Å². The van der Waals surface area contributed by atoms with Gasteiger partial charge in [-0.05, 0) is 38.0 Å². The minimum absolute atomic E-state index is 0.120. The van der Waals surface area contributed by atoms with Gasteiger partial charge in [-0.25, -0.2) is 4.57 Å². The first-order chi connectivity index (χ1) is 11.9. The maximum absolute atomic E-state index is 11.8. The molecule has 2 aromatic rings. The molecule has 0 unspecified atom stereocenters. The monoisotopic (exact) mass is 339 g/mol. The third-order valence-corrected chi connectivity index (χ3v) is 4.20. The van der Waals surface area contributed by atoms with E-state index in [-0.39, 0.29) is 5.91 Å². The third kappa shape index (κ3) is 5.14. The van der Waals surface area contributed by atoms with Crippen LogP contribution < -0.4 is 15.2 Å². The number of hydrogen-bond donors (Lipinski definition) is 2. The molecule has 1 aromatic carbocycles. The van der Waals surface area contributed by atoms with Crippen LogP contribution >= 0.6 is 0 Å². The van der Waals surface area contributed by atoms with Crippen LogP contribution in [0.3, 0.4) is 0 Å². The van der Waals surface area contributed by atoms with Crippen molar-refractivity contribution in [1.82, 2.24) is 4.98 Å². The Morgan fingerprint density at radius 3 is 2.56 bits per heavy atom. The highest BCUT2D eigenvalue weighted by atomic mass is 16.1. The molecule has 0 atom stereocenters. The highest BCUT2D eigenvalue weighted by Crippen LogP contribution is 2.12. The van der Waals surface area contributed by atoms with E-state index >= 15 is 0 Å². The van der Waals surface area contributed by atoms with Crippen molar-refractivity contribution >= 4 is 17.5 Å². The van der Waals surface area contributed by atoms with E-state index < -0.39 is 0 Å². The van der Waals surface area contributed by atoms with Gasteiger partial charge < -0.3 is 5.32 Å². The molecule has 0 aliphatic rings. The van der Waals surface area contributed by atoms with Gasteiger partial charge in [-0.1, -0.05) is 30.6 Å². The number of rotatable bonds is 7. The fraction of sp³-hybridized carbons (Fsp3) is 0.350. The Labute approximate surface area is 149 Å². The Bertz CT molecular complexity index is 766. The molecule has 0 saturated heterocycles. The van der Waals surface area contributed by atoms with E-state index in [0.29, 0.717) is 12.0 Å². The van der Waals surface area contributed by atoms with Crippen molar-refractivity contribution < 1.29 is 9.36 Å². The molecule has 1 aromatic heterocycles. The van der Waals surface area contributed by atoms with Gasteiger partial charge in [-0.3, -0.25) is 10.1 Å². The van der Waals surface area contributed by atoms with Crippen LogP contribution in [-0.2, 0) is 18.3 Å². The molecule has 0 aliphatic heterocycles. The lowest BCUT2D eigenvalue weighted by atomic mass is 10.1. The van der Waals surface area contributed by atoms with E-state index in [1.54, 1.807) is 0 Å². The first kappa shape index (κ1) is 18.6. The fourth-order valence-corrected chi connectivity index (χ4v) is 2.45. The molecule has 25 heavy (non-hydrogen) atoms. The van der Waals surface area contributed by atoms with Gasteiger partial charge in [0.2, 0.25) is 0 Å². The molecule has 2 rings (SSSR count). The molecule has 1 amide bonds. The summed E-state index contributed by atoms with van der Waals surface area (Å²) in [5, 5.41) is 6.24. The van der Waals surface area contributed by atoms with Gasteiger partial charge in [-0.2, -0.15) is 0 Å². The van der Waals surface area contributed by atoms with Gasteiger partial charge in [0, 0.05) is 23.7 Å². The Morgan fingerprint density at radius 2 is 1.92 bits per heavy atom. The number of nitrogens with one attached hydrogen (secondary N) is 2. The normalized spacial score (nSPS) is 10.4. The number of hydrogen-bond acceptors (Lipinski definition) is 3. The van der Waals surface area contributed by atoms with Crippen molar-refractivity contribution in [2.75, 3.05) is 17.2 Å². The van der Waals surface area contributed by atoms with Crippen LogP contribution in [0.2, 0.25) is 0 Å². The number of amides is 1. The molecule has 5 heteroatoms. The SMILES string of the molecule is C=C(CC)C(=O)Nc1ccc(CCNc2nc(C)cc(C)[n+]2C)cc1. The number of carbonyl (C=O) groups is 1. The first-order valence-corrected chi connectivity index (χ1v) is 8.57. The van der Waals surface area contributed by atoms with Crippen molar-refractivity contribution in [3.8, 4) is 0 Å². The Kier molecular flexibility index (Phi) is 6.28. The van der Waals surface area contributed by atoms with E-state index in [9.17, 15) is 4.79 Å². The average molecular weight is 339 g/mol. The molecule has 0 aliphatic carbocycles. The van der Waals surface area contributed by atoms with Gasteiger partial charge in [0.05, 0.1) is 19.3 Å². The topological polar surface area (TPSA) is 57.9 Å². The minimum atomic E-state index is -0.120. The fourth-order valence-electron chi connectivity index (χ4n) is 2.45. The lowest BCUT2D eigenvalue weighted by molar-refractivity contribution is -0.666. The van der Waals surface area contributed by atoms with Crippen LogP contribution in [0.4, 0.5) is 11.6 Å². The molecular formula is C20H27N4O+. The summed E-state index contributed by atoms with van der Waals surface area (Å²) in [5.74, 6) is 0.754. The van der Waals surface area contributed by atoms with Crippen LogP contribution in [0.1, 0.15) is 30.3 Å². The molecule has 0 bridgehead atoms. The molecule has 0 spiro atoms. The van der Waals surface area contributed by atoms with E-state index in [1.165, 1.54) is 11.3 Å². The predicted molar refractivity (Wildman–Crippen MR) is 102 cm³/mol. The summed E-state index contributed by atoms with van der Waals surface area (Å²) in [6.07, 6.45) is 1.53. The molecule has 132 valence electrons.